The molecule has 0 aromatic heterocycles. The smallest absolute Gasteiger partial charge is 0.322 e. The number of aliphatic carboxylic acids is 1. The molecule has 5 heteroatoms. The van der Waals surface area contributed by atoms with Crippen molar-refractivity contribution in [2.45, 2.75) is 51.6 Å². The van der Waals surface area contributed by atoms with Gasteiger partial charge < -0.3 is 15.5 Å². The normalized spacial score (nSPS) is 12.1. The van der Waals surface area contributed by atoms with Crippen LogP contribution in [0.15, 0.2) is 0 Å². The van der Waals surface area contributed by atoms with Crippen molar-refractivity contribution in [1.82, 2.24) is 5.32 Å². The van der Waals surface area contributed by atoms with E-state index in [-0.39, 0.29) is 13.0 Å². The van der Waals surface area contributed by atoms with Crippen molar-refractivity contribution in [3.8, 4) is 0 Å². The predicted molar refractivity (Wildman–Crippen MR) is 60.0 cm³/mol. The van der Waals surface area contributed by atoms with E-state index < -0.39 is 18.0 Å². The number of carbonyl (C=O) groups excluding carboxylic acids is 1. The van der Waals surface area contributed by atoms with E-state index in [1.807, 2.05) is 0 Å². The summed E-state index contributed by atoms with van der Waals surface area (Å²) in [7, 11) is 0. The van der Waals surface area contributed by atoms with Gasteiger partial charge in [-0.25, -0.2) is 0 Å². The van der Waals surface area contributed by atoms with E-state index in [0.29, 0.717) is 6.42 Å². The zero-order valence-electron chi connectivity index (χ0n) is 9.74. The van der Waals surface area contributed by atoms with E-state index in [2.05, 4.69) is 12.2 Å². The fraction of sp³-hybridized carbons (Fsp3) is 0.818. The van der Waals surface area contributed by atoms with Gasteiger partial charge in [-0.15, -0.1) is 0 Å². The Hall–Kier alpha value is -1.10. The number of aliphatic hydroxyl groups excluding tert-OH is 1. The van der Waals surface area contributed by atoms with Gasteiger partial charge in [-0.3, -0.25) is 9.59 Å². The minimum absolute atomic E-state index is 0.0145. The Balaban J connectivity index is 3.50. The molecule has 0 saturated heterocycles. The summed E-state index contributed by atoms with van der Waals surface area (Å²) < 4.78 is 0. The number of nitrogens with one attached hydrogen (secondary N) is 1. The average molecular weight is 231 g/mol. The first-order valence-electron chi connectivity index (χ1n) is 5.72. The van der Waals surface area contributed by atoms with Crippen LogP contribution >= 0.6 is 0 Å². The summed E-state index contributed by atoms with van der Waals surface area (Å²) in [4.78, 5) is 21.3. The van der Waals surface area contributed by atoms with Gasteiger partial charge in [0.1, 0.15) is 6.54 Å². The Labute approximate surface area is 95.9 Å². The van der Waals surface area contributed by atoms with Crippen LogP contribution in [0, 0.1) is 0 Å². The van der Waals surface area contributed by atoms with E-state index in [9.17, 15) is 14.7 Å². The van der Waals surface area contributed by atoms with Crippen LogP contribution in [0.3, 0.4) is 0 Å². The summed E-state index contributed by atoms with van der Waals surface area (Å²) >= 11 is 0. The van der Waals surface area contributed by atoms with Crippen LogP contribution in [0.1, 0.15) is 45.4 Å². The summed E-state index contributed by atoms with van der Waals surface area (Å²) in [5.74, 6) is -1.49. The quantitative estimate of drug-likeness (QED) is 0.515. The molecule has 94 valence electrons. The molecule has 1 amide bonds. The summed E-state index contributed by atoms with van der Waals surface area (Å²) in [6, 6.07) is 0. The van der Waals surface area contributed by atoms with Crippen LogP contribution in [0.5, 0.6) is 0 Å². The Morgan fingerprint density at radius 3 is 2.50 bits per heavy atom. The molecule has 16 heavy (non-hydrogen) atoms. The summed E-state index contributed by atoms with van der Waals surface area (Å²) in [5, 5.41) is 20.0. The lowest BCUT2D eigenvalue weighted by molar-refractivity contribution is -0.138. The van der Waals surface area contributed by atoms with E-state index in [1.165, 1.54) is 0 Å². The molecule has 0 saturated carbocycles. The fourth-order valence-electron chi connectivity index (χ4n) is 1.37. The molecule has 0 fully saturated rings. The maximum atomic E-state index is 11.1. The summed E-state index contributed by atoms with van der Waals surface area (Å²) in [6.07, 6.45) is 4.16. The number of unbranched alkanes of at least 4 members (excludes halogenated alkanes) is 3. The van der Waals surface area contributed by atoms with Crippen molar-refractivity contribution in [2.75, 3.05) is 6.54 Å². The van der Waals surface area contributed by atoms with Crippen molar-refractivity contribution in [3.05, 3.63) is 0 Å². The Morgan fingerprint density at radius 2 is 1.94 bits per heavy atom. The predicted octanol–water partition coefficient (Wildman–Crippen LogP) is 0.909. The maximum Gasteiger partial charge on any atom is 0.322 e. The lowest BCUT2D eigenvalue weighted by Crippen LogP contribution is -2.31. The lowest BCUT2D eigenvalue weighted by Gasteiger charge is -2.09. The number of rotatable bonds is 9. The van der Waals surface area contributed by atoms with Crippen LogP contribution < -0.4 is 5.32 Å². The molecular formula is C11H21NO4. The maximum absolute atomic E-state index is 11.1. The van der Waals surface area contributed by atoms with Crippen LogP contribution in [0.25, 0.3) is 0 Å². The van der Waals surface area contributed by atoms with E-state index >= 15 is 0 Å². The number of carboxylic acids is 1. The molecule has 0 radical (unpaired) electrons. The number of carbonyl (C=O) groups is 2. The largest absolute Gasteiger partial charge is 0.480 e. The van der Waals surface area contributed by atoms with Crippen LogP contribution in [0.2, 0.25) is 0 Å². The van der Waals surface area contributed by atoms with Crippen molar-refractivity contribution >= 4 is 11.9 Å². The number of hydrogen-bond donors (Lipinski definition) is 3. The van der Waals surface area contributed by atoms with Gasteiger partial charge in [-0.2, -0.15) is 0 Å². The van der Waals surface area contributed by atoms with Crippen molar-refractivity contribution < 1.29 is 19.8 Å². The first kappa shape index (κ1) is 14.9. The van der Waals surface area contributed by atoms with Crippen LogP contribution in [-0.2, 0) is 9.59 Å². The van der Waals surface area contributed by atoms with E-state index in [0.717, 1.165) is 25.7 Å². The molecule has 0 aliphatic rings. The Morgan fingerprint density at radius 1 is 1.25 bits per heavy atom. The van der Waals surface area contributed by atoms with Gasteiger partial charge in [0.2, 0.25) is 5.91 Å². The number of hydrogen-bond acceptors (Lipinski definition) is 3. The highest BCUT2D eigenvalue weighted by Gasteiger charge is 2.10. The van der Waals surface area contributed by atoms with Gasteiger partial charge in [0.15, 0.2) is 0 Å². The molecule has 5 nitrogen and oxygen atoms in total. The molecule has 0 aromatic carbocycles. The van der Waals surface area contributed by atoms with Gasteiger partial charge in [0.25, 0.3) is 0 Å². The monoisotopic (exact) mass is 231 g/mol. The highest BCUT2D eigenvalue weighted by Crippen LogP contribution is 2.07. The third kappa shape index (κ3) is 9.45. The fourth-order valence-corrected chi connectivity index (χ4v) is 1.37. The van der Waals surface area contributed by atoms with Gasteiger partial charge in [0, 0.05) is 0 Å². The zero-order valence-corrected chi connectivity index (χ0v) is 9.74. The SMILES string of the molecule is CCCCCCC(O)CC(=O)NCC(=O)O. The van der Waals surface area contributed by atoms with Crippen molar-refractivity contribution in [1.29, 1.82) is 0 Å². The van der Waals surface area contributed by atoms with Gasteiger partial charge >= 0.3 is 5.97 Å². The van der Waals surface area contributed by atoms with Crippen molar-refractivity contribution in [3.63, 3.8) is 0 Å². The lowest BCUT2D eigenvalue weighted by atomic mass is 10.1. The Kier molecular flexibility index (Phi) is 8.52. The molecule has 1 unspecified atom stereocenters. The molecule has 0 aromatic rings. The number of aliphatic hydroxyl groups is 1. The second-order valence-corrected chi connectivity index (χ2v) is 3.88. The first-order chi connectivity index (χ1) is 7.56. The first-order valence-corrected chi connectivity index (χ1v) is 5.72. The highest BCUT2D eigenvalue weighted by molar-refractivity contribution is 5.81. The number of amides is 1. The Bertz CT molecular complexity index is 218. The molecule has 3 N–H and O–H groups in total. The van der Waals surface area contributed by atoms with Crippen LogP contribution in [-0.4, -0.2) is 34.7 Å². The second-order valence-electron chi connectivity index (χ2n) is 3.88. The molecule has 1 atom stereocenters. The summed E-state index contributed by atoms with van der Waals surface area (Å²) in [5.41, 5.74) is 0. The zero-order chi connectivity index (χ0) is 12.4. The standard InChI is InChI=1S/C11H21NO4/c1-2-3-4-5-6-9(13)7-10(14)12-8-11(15)16/h9,13H,2-8H2,1H3,(H,12,14)(H,15,16). The number of carboxylic acid groups (broad SMARTS) is 1. The third-order valence-corrected chi connectivity index (χ3v) is 2.25. The molecule has 0 aliphatic carbocycles. The minimum Gasteiger partial charge on any atom is -0.480 e. The average Bonchev–Trinajstić information content (AvgIpc) is 2.21. The van der Waals surface area contributed by atoms with Crippen LogP contribution in [0.4, 0.5) is 0 Å². The van der Waals surface area contributed by atoms with Gasteiger partial charge in [-0.05, 0) is 6.42 Å². The molecule has 0 heterocycles. The molecular weight excluding hydrogens is 210 g/mol. The second kappa shape index (κ2) is 9.15. The topological polar surface area (TPSA) is 86.6 Å². The molecule has 0 aliphatic heterocycles. The van der Waals surface area contributed by atoms with Gasteiger partial charge in [0.05, 0.1) is 12.5 Å². The highest BCUT2D eigenvalue weighted by atomic mass is 16.4. The van der Waals surface area contributed by atoms with Gasteiger partial charge in [-0.1, -0.05) is 32.6 Å². The van der Waals surface area contributed by atoms with E-state index in [4.69, 9.17) is 5.11 Å². The summed E-state index contributed by atoms with van der Waals surface area (Å²) in [6.45, 7) is 1.72. The molecule has 0 rings (SSSR count). The molecule has 0 spiro atoms. The third-order valence-electron chi connectivity index (χ3n) is 2.25. The van der Waals surface area contributed by atoms with Crippen molar-refractivity contribution in [2.24, 2.45) is 0 Å². The minimum atomic E-state index is -1.08. The van der Waals surface area contributed by atoms with E-state index in [1.54, 1.807) is 0 Å². The molecule has 0 bridgehead atoms.